The second-order valence-corrected chi connectivity index (χ2v) is 3.36. The van der Waals surface area contributed by atoms with Gasteiger partial charge in [0.2, 0.25) is 11.8 Å². The third kappa shape index (κ3) is 4.08. The second kappa shape index (κ2) is 7.32. The van der Waals surface area contributed by atoms with Crippen LogP contribution in [-0.4, -0.2) is 31.8 Å². The lowest BCUT2D eigenvalue weighted by atomic mass is 10.2. The summed E-state index contributed by atoms with van der Waals surface area (Å²) >= 11 is 0. The molecule has 1 aromatic rings. The lowest BCUT2D eigenvalue weighted by Gasteiger charge is -2.05. The Kier molecular flexibility index (Phi) is 5.70. The highest BCUT2D eigenvalue weighted by Crippen LogP contribution is 2.20. The maximum atomic E-state index is 11.1. The molecule has 1 rings (SSSR count). The molecule has 0 aliphatic rings. The molecule has 0 aliphatic carbocycles. The van der Waals surface area contributed by atoms with E-state index in [0.29, 0.717) is 18.4 Å². The van der Waals surface area contributed by atoms with Crippen LogP contribution in [0.25, 0.3) is 6.08 Å². The number of hydrogen-bond donors (Lipinski definition) is 0. The number of carbonyl (C=O) groups excluding carboxylic acids is 1. The van der Waals surface area contributed by atoms with Crippen molar-refractivity contribution in [2.75, 3.05) is 20.8 Å². The third-order valence-electron chi connectivity index (χ3n) is 2.15. The Labute approximate surface area is 106 Å². The van der Waals surface area contributed by atoms with Crippen LogP contribution in [-0.2, 0) is 9.53 Å². The van der Waals surface area contributed by atoms with Crippen LogP contribution in [0.3, 0.4) is 0 Å². The first-order chi connectivity index (χ1) is 8.71. The second-order valence-electron chi connectivity index (χ2n) is 3.36. The van der Waals surface area contributed by atoms with Crippen molar-refractivity contribution in [2.24, 2.45) is 0 Å². The van der Waals surface area contributed by atoms with Gasteiger partial charge in [0.05, 0.1) is 27.2 Å². The molecule has 0 saturated carbocycles. The SMILES string of the molecule is CCOC(=O)CC=Cc1ccc(OC)nc1OC. The molecule has 0 aromatic carbocycles. The summed E-state index contributed by atoms with van der Waals surface area (Å²) in [5.74, 6) is 0.679. The Bertz CT molecular complexity index is 429. The minimum atomic E-state index is -0.255. The van der Waals surface area contributed by atoms with E-state index in [1.165, 1.54) is 14.2 Å². The smallest absolute Gasteiger partial charge is 0.309 e. The number of esters is 1. The van der Waals surface area contributed by atoms with E-state index < -0.39 is 0 Å². The first-order valence-electron chi connectivity index (χ1n) is 5.62. The van der Waals surface area contributed by atoms with Gasteiger partial charge in [-0.05, 0) is 13.0 Å². The van der Waals surface area contributed by atoms with Crippen LogP contribution in [0.1, 0.15) is 18.9 Å². The normalized spacial score (nSPS) is 10.4. The molecular weight excluding hydrogens is 234 g/mol. The van der Waals surface area contributed by atoms with Gasteiger partial charge in [-0.2, -0.15) is 4.98 Å². The fourth-order valence-corrected chi connectivity index (χ4v) is 1.34. The zero-order chi connectivity index (χ0) is 13.4. The first kappa shape index (κ1) is 14.0. The molecule has 0 amide bonds. The molecule has 0 unspecified atom stereocenters. The lowest BCUT2D eigenvalue weighted by molar-refractivity contribution is -0.142. The van der Waals surface area contributed by atoms with Gasteiger partial charge in [0.15, 0.2) is 0 Å². The highest BCUT2D eigenvalue weighted by molar-refractivity contribution is 5.73. The van der Waals surface area contributed by atoms with Crippen LogP contribution in [0.2, 0.25) is 0 Å². The Morgan fingerprint density at radius 2 is 2.11 bits per heavy atom. The van der Waals surface area contributed by atoms with Crippen molar-refractivity contribution in [2.45, 2.75) is 13.3 Å². The number of pyridine rings is 1. The molecular formula is C13H17NO4. The Morgan fingerprint density at radius 1 is 1.33 bits per heavy atom. The van der Waals surface area contributed by atoms with Crippen molar-refractivity contribution < 1.29 is 19.0 Å². The van der Waals surface area contributed by atoms with Gasteiger partial charge in [-0.3, -0.25) is 4.79 Å². The van der Waals surface area contributed by atoms with Gasteiger partial charge >= 0.3 is 5.97 Å². The van der Waals surface area contributed by atoms with Crippen LogP contribution in [0, 0.1) is 0 Å². The molecule has 0 N–H and O–H groups in total. The summed E-state index contributed by atoms with van der Waals surface area (Å²) in [5.41, 5.74) is 0.780. The summed E-state index contributed by atoms with van der Waals surface area (Å²) in [6, 6.07) is 3.54. The van der Waals surface area contributed by atoms with Gasteiger partial charge < -0.3 is 14.2 Å². The highest BCUT2D eigenvalue weighted by Gasteiger charge is 2.04. The number of rotatable bonds is 6. The van der Waals surface area contributed by atoms with E-state index in [1.54, 1.807) is 25.1 Å². The molecule has 0 saturated heterocycles. The summed E-state index contributed by atoms with van der Waals surface area (Å²) in [6.07, 6.45) is 3.70. The summed E-state index contributed by atoms with van der Waals surface area (Å²) in [6.45, 7) is 2.16. The van der Waals surface area contributed by atoms with E-state index in [2.05, 4.69) is 4.98 Å². The third-order valence-corrected chi connectivity index (χ3v) is 2.15. The van der Waals surface area contributed by atoms with Gasteiger partial charge in [-0.1, -0.05) is 12.2 Å². The van der Waals surface area contributed by atoms with Crippen molar-refractivity contribution in [1.82, 2.24) is 4.98 Å². The molecule has 0 aliphatic heterocycles. The van der Waals surface area contributed by atoms with Crippen LogP contribution in [0.15, 0.2) is 18.2 Å². The van der Waals surface area contributed by atoms with E-state index in [9.17, 15) is 4.79 Å². The molecule has 5 nitrogen and oxygen atoms in total. The predicted octanol–water partition coefficient (Wildman–Crippen LogP) is 2.07. The Hall–Kier alpha value is -2.04. The maximum absolute atomic E-state index is 11.1. The van der Waals surface area contributed by atoms with E-state index in [0.717, 1.165) is 5.56 Å². The molecule has 5 heteroatoms. The summed E-state index contributed by atoms with van der Waals surface area (Å²) < 4.78 is 14.9. The topological polar surface area (TPSA) is 57.7 Å². The molecule has 18 heavy (non-hydrogen) atoms. The molecule has 0 spiro atoms. The highest BCUT2D eigenvalue weighted by atomic mass is 16.5. The number of methoxy groups -OCH3 is 2. The summed E-state index contributed by atoms with van der Waals surface area (Å²) in [4.78, 5) is 15.3. The van der Waals surface area contributed by atoms with Crippen molar-refractivity contribution in [3.63, 3.8) is 0 Å². The van der Waals surface area contributed by atoms with Crippen molar-refractivity contribution in [1.29, 1.82) is 0 Å². The van der Waals surface area contributed by atoms with Gasteiger partial charge in [-0.15, -0.1) is 0 Å². The van der Waals surface area contributed by atoms with Gasteiger partial charge in [0.25, 0.3) is 0 Å². The quantitative estimate of drug-likeness (QED) is 0.724. The maximum Gasteiger partial charge on any atom is 0.309 e. The van der Waals surface area contributed by atoms with E-state index >= 15 is 0 Å². The number of carbonyl (C=O) groups is 1. The fourth-order valence-electron chi connectivity index (χ4n) is 1.34. The molecule has 0 atom stereocenters. The number of nitrogens with zero attached hydrogens (tertiary/aromatic N) is 1. The van der Waals surface area contributed by atoms with E-state index in [-0.39, 0.29) is 12.4 Å². The minimum absolute atomic E-state index is 0.225. The van der Waals surface area contributed by atoms with Crippen LogP contribution in [0.5, 0.6) is 11.8 Å². The number of hydrogen-bond acceptors (Lipinski definition) is 5. The van der Waals surface area contributed by atoms with E-state index in [4.69, 9.17) is 14.2 Å². The minimum Gasteiger partial charge on any atom is -0.481 e. The van der Waals surface area contributed by atoms with Crippen molar-refractivity contribution >= 4 is 12.0 Å². The Morgan fingerprint density at radius 3 is 2.72 bits per heavy atom. The zero-order valence-electron chi connectivity index (χ0n) is 10.8. The first-order valence-corrected chi connectivity index (χ1v) is 5.62. The van der Waals surface area contributed by atoms with Gasteiger partial charge in [-0.25, -0.2) is 0 Å². The molecule has 0 radical (unpaired) electrons. The molecule has 0 fully saturated rings. The fraction of sp³-hybridized carbons (Fsp3) is 0.385. The average molecular weight is 251 g/mol. The van der Waals surface area contributed by atoms with E-state index in [1.807, 2.05) is 6.07 Å². The number of ether oxygens (including phenoxy) is 3. The van der Waals surface area contributed by atoms with Crippen molar-refractivity contribution in [3.05, 3.63) is 23.8 Å². The average Bonchev–Trinajstić information content (AvgIpc) is 2.39. The monoisotopic (exact) mass is 251 g/mol. The van der Waals surface area contributed by atoms with Crippen LogP contribution < -0.4 is 9.47 Å². The summed E-state index contributed by atoms with van der Waals surface area (Å²) in [7, 11) is 3.07. The predicted molar refractivity (Wildman–Crippen MR) is 67.6 cm³/mol. The largest absolute Gasteiger partial charge is 0.481 e. The van der Waals surface area contributed by atoms with Crippen molar-refractivity contribution in [3.8, 4) is 11.8 Å². The molecule has 0 bridgehead atoms. The van der Waals surface area contributed by atoms with Gasteiger partial charge in [0, 0.05) is 11.6 Å². The molecule has 1 heterocycles. The van der Waals surface area contributed by atoms with Crippen LogP contribution >= 0.6 is 0 Å². The lowest BCUT2D eigenvalue weighted by Crippen LogP contribution is -2.01. The van der Waals surface area contributed by atoms with Gasteiger partial charge in [0.1, 0.15) is 0 Å². The summed E-state index contributed by atoms with van der Waals surface area (Å²) in [5, 5.41) is 0. The molecule has 98 valence electrons. The standard InChI is InChI=1S/C13H17NO4/c1-4-18-12(15)7-5-6-10-8-9-11(16-2)14-13(10)17-3/h5-6,8-9H,4,7H2,1-3H3. The molecule has 1 aromatic heterocycles. The zero-order valence-corrected chi connectivity index (χ0v) is 10.8. The van der Waals surface area contributed by atoms with Crippen LogP contribution in [0.4, 0.5) is 0 Å². The number of aromatic nitrogens is 1. The Balaban J connectivity index is 2.71.